The molecular weight excluding hydrogens is 511 g/mol. The van der Waals surface area contributed by atoms with Crippen molar-refractivity contribution in [1.29, 1.82) is 0 Å². The highest BCUT2D eigenvalue weighted by atomic mass is 32.2. The molecule has 0 amide bonds. The van der Waals surface area contributed by atoms with E-state index < -0.39 is 27.5 Å². The van der Waals surface area contributed by atoms with E-state index in [2.05, 4.69) is 6.92 Å². The van der Waals surface area contributed by atoms with E-state index in [-0.39, 0.29) is 22.3 Å². The fourth-order valence-corrected chi connectivity index (χ4v) is 7.45. The van der Waals surface area contributed by atoms with Crippen LogP contribution in [0, 0.1) is 23.4 Å². The molecule has 0 spiro atoms. The molecule has 2 aliphatic heterocycles. The average Bonchev–Trinajstić information content (AvgIpc) is 3.49. The monoisotopic (exact) mass is 539 g/mol. The van der Waals surface area contributed by atoms with E-state index in [0.29, 0.717) is 42.8 Å². The number of fused-ring (bicyclic) bond motifs is 1. The second-order valence-electron chi connectivity index (χ2n) is 9.56. The summed E-state index contributed by atoms with van der Waals surface area (Å²) in [5.74, 6) is -3.49. The molecule has 3 heterocycles. The molecule has 0 aliphatic carbocycles. The summed E-state index contributed by atoms with van der Waals surface area (Å²) >= 11 is 1.25. The van der Waals surface area contributed by atoms with Crippen molar-refractivity contribution in [1.82, 2.24) is 13.9 Å². The van der Waals surface area contributed by atoms with Crippen LogP contribution in [-0.2, 0) is 27.1 Å². The molecule has 5 rings (SSSR count). The van der Waals surface area contributed by atoms with Crippen LogP contribution < -0.4 is 0 Å². The van der Waals surface area contributed by atoms with Crippen molar-refractivity contribution in [2.75, 3.05) is 19.7 Å². The summed E-state index contributed by atoms with van der Waals surface area (Å²) < 4.78 is 76.7. The van der Waals surface area contributed by atoms with Gasteiger partial charge in [0.1, 0.15) is 0 Å². The first-order valence-electron chi connectivity index (χ1n) is 12.1. The summed E-state index contributed by atoms with van der Waals surface area (Å²) in [6.07, 6.45) is 3.72. The maximum atomic E-state index is 13.7. The predicted molar refractivity (Wildman–Crippen MR) is 132 cm³/mol. The third-order valence-corrected chi connectivity index (χ3v) is 9.67. The van der Waals surface area contributed by atoms with E-state index in [4.69, 9.17) is 9.72 Å². The summed E-state index contributed by atoms with van der Waals surface area (Å²) in [6.45, 7) is 4.27. The topological polar surface area (TPSA) is 64.4 Å². The zero-order valence-electron chi connectivity index (χ0n) is 19.9. The van der Waals surface area contributed by atoms with Crippen LogP contribution in [-0.4, -0.2) is 48.1 Å². The molecule has 2 aliphatic rings. The van der Waals surface area contributed by atoms with Gasteiger partial charge in [0.2, 0.25) is 10.0 Å². The first-order valence-corrected chi connectivity index (χ1v) is 14.5. The zero-order valence-corrected chi connectivity index (χ0v) is 21.6. The standard InChI is InChI=1S/C25H28F3N3O3S2/c1-16-4-2-8-30(13-16)36(32,33)19-6-7-23-22(12-19)29-25(31(23)14-18-5-3-9-34-18)35-15-17-10-20(26)24(28)21(27)11-17/h6-7,10-12,16,18H,2-5,8-9,13-15H2,1H3/t16-,18-/m0/s1. The Morgan fingerprint density at radius 3 is 2.58 bits per heavy atom. The Labute approximate surface area is 212 Å². The lowest BCUT2D eigenvalue weighted by Crippen LogP contribution is -2.39. The van der Waals surface area contributed by atoms with Gasteiger partial charge in [0.05, 0.1) is 28.6 Å². The van der Waals surface area contributed by atoms with Crippen molar-refractivity contribution in [3.8, 4) is 0 Å². The molecule has 0 N–H and O–H groups in total. The molecular formula is C25H28F3N3O3S2. The molecule has 0 bridgehead atoms. The van der Waals surface area contributed by atoms with Gasteiger partial charge >= 0.3 is 0 Å². The molecule has 6 nitrogen and oxygen atoms in total. The summed E-state index contributed by atoms with van der Waals surface area (Å²) in [6, 6.07) is 6.92. The van der Waals surface area contributed by atoms with Gasteiger partial charge in [0.15, 0.2) is 22.6 Å². The van der Waals surface area contributed by atoms with Crippen LogP contribution in [0.3, 0.4) is 0 Å². The Hall–Kier alpha value is -2.08. The largest absolute Gasteiger partial charge is 0.376 e. The number of halogens is 3. The first kappa shape index (κ1) is 25.6. The number of thioether (sulfide) groups is 1. The van der Waals surface area contributed by atoms with Crippen molar-refractivity contribution in [3.05, 3.63) is 53.3 Å². The molecule has 2 fully saturated rings. The molecule has 0 radical (unpaired) electrons. The van der Waals surface area contributed by atoms with E-state index in [0.717, 1.165) is 43.3 Å². The minimum absolute atomic E-state index is 0.000654. The number of ether oxygens (including phenoxy) is 1. The first-order chi connectivity index (χ1) is 17.2. The fourth-order valence-electron chi connectivity index (χ4n) is 4.88. The lowest BCUT2D eigenvalue weighted by molar-refractivity contribution is 0.0960. The maximum Gasteiger partial charge on any atom is 0.243 e. The van der Waals surface area contributed by atoms with Crippen LogP contribution in [0.5, 0.6) is 0 Å². The predicted octanol–water partition coefficient (Wildman–Crippen LogP) is 5.35. The van der Waals surface area contributed by atoms with Crippen molar-refractivity contribution in [2.24, 2.45) is 5.92 Å². The van der Waals surface area contributed by atoms with Gasteiger partial charge in [0.25, 0.3) is 0 Å². The number of benzene rings is 2. The Kier molecular flexibility index (Phi) is 7.35. The normalized spacial score (nSPS) is 21.4. The molecule has 0 unspecified atom stereocenters. The Balaban J connectivity index is 1.47. The van der Waals surface area contributed by atoms with Gasteiger partial charge < -0.3 is 9.30 Å². The van der Waals surface area contributed by atoms with Gasteiger partial charge in [-0.05, 0) is 67.5 Å². The molecule has 2 aromatic carbocycles. The van der Waals surface area contributed by atoms with Crippen molar-refractivity contribution < 1.29 is 26.3 Å². The number of hydrogen-bond donors (Lipinski definition) is 0. The lowest BCUT2D eigenvalue weighted by atomic mass is 10.0. The zero-order chi connectivity index (χ0) is 25.4. The third-order valence-electron chi connectivity index (χ3n) is 6.76. The molecule has 194 valence electrons. The van der Waals surface area contributed by atoms with Crippen LogP contribution in [0.2, 0.25) is 0 Å². The van der Waals surface area contributed by atoms with Crippen molar-refractivity contribution in [3.63, 3.8) is 0 Å². The molecule has 1 aromatic heterocycles. The van der Waals surface area contributed by atoms with E-state index in [1.54, 1.807) is 22.5 Å². The molecule has 36 heavy (non-hydrogen) atoms. The SMILES string of the molecule is C[C@H]1CCCN(S(=O)(=O)c2ccc3c(c2)nc(SCc2cc(F)c(F)c(F)c2)n3C[C@@H]2CCCO2)C1. The molecule has 3 aromatic rings. The van der Waals surface area contributed by atoms with Crippen molar-refractivity contribution >= 4 is 32.8 Å². The second kappa shape index (κ2) is 10.4. The molecule has 11 heteroatoms. The number of imidazole rings is 1. The summed E-state index contributed by atoms with van der Waals surface area (Å²) in [7, 11) is -3.65. The maximum absolute atomic E-state index is 13.7. The van der Waals surface area contributed by atoms with Crippen LogP contribution >= 0.6 is 11.8 Å². The number of nitrogens with zero attached hydrogens (tertiary/aromatic N) is 3. The van der Waals surface area contributed by atoms with Crippen molar-refractivity contribution in [2.45, 2.75) is 61.1 Å². The van der Waals surface area contributed by atoms with Gasteiger partial charge in [-0.25, -0.2) is 26.6 Å². The highest BCUT2D eigenvalue weighted by molar-refractivity contribution is 7.98. The second-order valence-corrected chi connectivity index (χ2v) is 12.4. The Morgan fingerprint density at radius 2 is 1.89 bits per heavy atom. The Morgan fingerprint density at radius 1 is 1.11 bits per heavy atom. The Bertz CT molecular complexity index is 1350. The fraction of sp³-hybridized carbons (Fsp3) is 0.480. The number of rotatable bonds is 7. The van der Waals surface area contributed by atoms with E-state index in [1.807, 2.05) is 4.57 Å². The smallest absolute Gasteiger partial charge is 0.243 e. The van der Waals surface area contributed by atoms with Gasteiger partial charge in [-0.2, -0.15) is 4.31 Å². The highest BCUT2D eigenvalue weighted by Crippen LogP contribution is 2.32. The minimum Gasteiger partial charge on any atom is -0.376 e. The number of aromatic nitrogens is 2. The summed E-state index contributed by atoms with van der Waals surface area (Å²) in [5.41, 5.74) is 1.57. The summed E-state index contributed by atoms with van der Waals surface area (Å²) in [5, 5.41) is 0.576. The van der Waals surface area contributed by atoms with E-state index in [9.17, 15) is 21.6 Å². The molecule has 0 saturated carbocycles. The van der Waals surface area contributed by atoms with E-state index >= 15 is 0 Å². The van der Waals surface area contributed by atoms with Crippen LogP contribution in [0.1, 0.15) is 38.2 Å². The quantitative estimate of drug-likeness (QED) is 0.299. The van der Waals surface area contributed by atoms with E-state index in [1.165, 1.54) is 11.8 Å². The van der Waals surface area contributed by atoms with Gasteiger partial charge in [-0.1, -0.05) is 18.7 Å². The minimum atomic E-state index is -3.65. The lowest BCUT2D eigenvalue weighted by Gasteiger charge is -2.30. The number of piperidine rings is 1. The van der Waals surface area contributed by atoms with Gasteiger partial charge in [-0.3, -0.25) is 0 Å². The van der Waals surface area contributed by atoms with Crippen LogP contribution in [0.25, 0.3) is 11.0 Å². The molecule has 2 atom stereocenters. The highest BCUT2D eigenvalue weighted by Gasteiger charge is 2.29. The van der Waals surface area contributed by atoms with Gasteiger partial charge in [-0.15, -0.1) is 0 Å². The average molecular weight is 540 g/mol. The van der Waals surface area contributed by atoms with Crippen LogP contribution in [0.15, 0.2) is 40.4 Å². The third kappa shape index (κ3) is 5.16. The summed E-state index contributed by atoms with van der Waals surface area (Å²) in [4.78, 5) is 4.89. The number of sulfonamides is 1. The van der Waals surface area contributed by atoms with Gasteiger partial charge in [0, 0.05) is 25.4 Å². The molecule has 2 saturated heterocycles. The number of hydrogen-bond acceptors (Lipinski definition) is 5. The van der Waals surface area contributed by atoms with Crippen LogP contribution in [0.4, 0.5) is 13.2 Å².